The number of nitrogens with zero attached hydrogens (tertiary/aromatic N) is 1. The predicted octanol–water partition coefficient (Wildman–Crippen LogP) is 2.00. The lowest BCUT2D eigenvalue weighted by Crippen LogP contribution is -2.14. The molecule has 1 heterocycles. The molecule has 0 unspecified atom stereocenters. The number of aromatic nitrogens is 2. The highest BCUT2D eigenvalue weighted by Gasteiger charge is 2.07. The van der Waals surface area contributed by atoms with Crippen molar-refractivity contribution in [2.75, 3.05) is 0 Å². The minimum absolute atomic E-state index is 0.261. The summed E-state index contributed by atoms with van der Waals surface area (Å²) in [6.07, 6.45) is 1.39. The van der Waals surface area contributed by atoms with E-state index in [0.717, 1.165) is 15.6 Å². The van der Waals surface area contributed by atoms with Gasteiger partial charge in [-0.2, -0.15) is 0 Å². The van der Waals surface area contributed by atoms with Crippen LogP contribution in [0.15, 0.2) is 33.7 Å². The fraction of sp³-hybridized carbons (Fsp3) is 0.167. The maximum atomic E-state index is 11.6. The first-order chi connectivity index (χ1) is 8.11. The van der Waals surface area contributed by atoms with Crippen LogP contribution >= 0.6 is 15.9 Å². The summed E-state index contributed by atoms with van der Waals surface area (Å²) >= 11 is 3.43. The number of aryl methyl sites for hydroxylation is 1. The Balaban J connectivity index is 2.54. The van der Waals surface area contributed by atoms with E-state index >= 15 is 0 Å². The van der Waals surface area contributed by atoms with Crippen molar-refractivity contribution in [2.24, 2.45) is 0 Å². The maximum Gasteiger partial charge on any atom is 0.256 e. The topological polar surface area (TPSA) is 66.0 Å². The highest BCUT2D eigenvalue weighted by Crippen LogP contribution is 2.25. The summed E-state index contributed by atoms with van der Waals surface area (Å²) in [5, 5.41) is 8.90. The number of aliphatic hydroxyl groups is 1. The minimum atomic E-state index is -0.315. The number of hydrogen-bond acceptors (Lipinski definition) is 3. The van der Waals surface area contributed by atoms with Gasteiger partial charge in [0.25, 0.3) is 5.56 Å². The van der Waals surface area contributed by atoms with Gasteiger partial charge in [0.15, 0.2) is 0 Å². The van der Waals surface area contributed by atoms with E-state index in [1.807, 2.05) is 25.1 Å². The molecule has 2 rings (SSSR count). The molecule has 0 saturated carbocycles. The Hall–Kier alpha value is -1.46. The number of aromatic amines is 1. The van der Waals surface area contributed by atoms with Gasteiger partial charge >= 0.3 is 0 Å². The molecule has 0 aliphatic rings. The number of H-pyrrole nitrogens is 1. The lowest BCUT2D eigenvalue weighted by atomic mass is 10.1. The van der Waals surface area contributed by atoms with Gasteiger partial charge in [-0.15, -0.1) is 0 Å². The van der Waals surface area contributed by atoms with Crippen molar-refractivity contribution in [2.45, 2.75) is 13.5 Å². The molecule has 2 aromatic rings. The molecule has 0 radical (unpaired) electrons. The zero-order valence-corrected chi connectivity index (χ0v) is 10.8. The summed E-state index contributed by atoms with van der Waals surface area (Å²) in [5.41, 5.74) is 1.88. The van der Waals surface area contributed by atoms with Crippen LogP contribution in [-0.2, 0) is 6.61 Å². The van der Waals surface area contributed by atoms with Crippen LogP contribution in [0.4, 0.5) is 0 Å². The first kappa shape index (κ1) is 12.0. The predicted molar refractivity (Wildman–Crippen MR) is 68.7 cm³/mol. The molecule has 1 aromatic carbocycles. The smallest absolute Gasteiger partial charge is 0.256 e. The summed E-state index contributed by atoms with van der Waals surface area (Å²) < 4.78 is 0.873. The van der Waals surface area contributed by atoms with Crippen molar-refractivity contribution in [3.05, 3.63) is 50.3 Å². The Morgan fingerprint density at radius 2 is 2.24 bits per heavy atom. The molecule has 0 atom stereocenters. The first-order valence-corrected chi connectivity index (χ1v) is 5.86. The fourth-order valence-electron chi connectivity index (χ4n) is 1.48. The quantitative estimate of drug-likeness (QED) is 0.890. The van der Waals surface area contributed by atoms with Gasteiger partial charge in [-0.1, -0.05) is 22.0 Å². The van der Waals surface area contributed by atoms with E-state index in [4.69, 9.17) is 5.11 Å². The van der Waals surface area contributed by atoms with Gasteiger partial charge in [0.05, 0.1) is 12.2 Å². The van der Waals surface area contributed by atoms with Crippen LogP contribution in [0.1, 0.15) is 11.1 Å². The molecular formula is C12H11BrN2O2. The normalized spacial score (nSPS) is 10.5. The number of hydrogen-bond donors (Lipinski definition) is 2. The molecule has 0 aliphatic heterocycles. The van der Waals surface area contributed by atoms with Gasteiger partial charge in [0.2, 0.25) is 0 Å². The summed E-state index contributed by atoms with van der Waals surface area (Å²) in [6.45, 7) is 1.68. The van der Waals surface area contributed by atoms with Gasteiger partial charge < -0.3 is 10.1 Å². The van der Waals surface area contributed by atoms with E-state index in [1.54, 1.807) is 0 Å². The van der Waals surface area contributed by atoms with Gasteiger partial charge in [-0.3, -0.25) is 4.79 Å². The van der Waals surface area contributed by atoms with Gasteiger partial charge in [-0.05, 0) is 24.6 Å². The molecule has 4 nitrogen and oxygen atoms in total. The molecule has 0 amide bonds. The molecule has 0 fully saturated rings. The summed E-state index contributed by atoms with van der Waals surface area (Å²) in [7, 11) is 0. The Kier molecular flexibility index (Phi) is 3.40. The molecule has 0 bridgehead atoms. The average Bonchev–Trinajstić information content (AvgIpc) is 2.29. The number of benzene rings is 1. The summed E-state index contributed by atoms with van der Waals surface area (Å²) in [5.74, 6) is 0.485. The van der Waals surface area contributed by atoms with E-state index < -0.39 is 0 Å². The fourth-order valence-corrected chi connectivity index (χ4v) is 2.16. The van der Waals surface area contributed by atoms with Gasteiger partial charge in [-0.25, -0.2) is 4.98 Å². The Labute approximate surface area is 106 Å². The molecule has 1 aromatic heterocycles. The van der Waals surface area contributed by atoms with Crippen LogP contribution in [0.25, 0.3) is 11.4 Å². The van der Waals surface area contributed by atoms with Crippen molar-refractivity contribution < 1.29 is 5.11 Å². The number of nitrogens with one attached hydrogen (secondary N) is 1. The molecule has 0 spiro atoms. The van der Waals surface area contributed by atoms with E-state index in [1.165, 1.54) is 6.20 Å². The highest BCUT2D eigenvalue weighted by molar-refractivity contribution is 9.10. The molecule has 88 valence electrons. The summed E-state index contributed by atoms with van der Waals surface area (Å²) in [4.78, 5) is 18.3. The largest absolute Gasteiger partial charge is 0.391 e. The minimum Gasteiger partial charge on any atom is -0.391 e. The van der Waals surface area contributed by atoms with Crippen LogP contribution in [0, 0.1) is 6.92 Å². The molecular weight excluding hydrogens is 284 g/mol. The van der Waals surface area contributed by atoms with Crippen LogP contribution in [0.5, 0.6) is 0 Å². The van der Waals surface area contributed by atoms with Gasteiger partial charge in [0, 0.05) is 16.2 Å². The van der Waals surface area contributed by atoms with Crippen LogP contribution in [0.2, 0.25) is 0 Å². The van der Waals surface area contributed by atoms with Crippen molar-refractivity contribution in [3.63, 3.8) is 0 Å². The van der Waals surface area contributed by atoms with Crippen molar-refractivity contribution in [1.29, 1.82) is 0 Å². The molecule has 2 N–H and O–H groups in total. The van der Waals surface area contributed by atoms with E-state index in [2.05, 4.69) is 25.9 Å². The maximum absolute atomic E-state index is 11.6. The van der Waals surface area contributed by atoms with E-state index in [-0.39, 0.29) is 17.7 Å². The highest BCUT2D eigenvalue weighted by atomic mass is 79.9. The Bertz CT molecular complexity index is 608. The second-order valence-corrected chi connectivity index (χ2v) is 4.58. The average molecular weight is 295 g/mol. The first-order valence-electron chi connectivity index (χ1n) is 5.07. The number of halogens is 1. The van der Waals surface area contributed by atoms with Crippen molar-refractivity contribution >= 4 is 15.9 Å². The van der Waals surface area contributed by atoms with E-state index in [9.17, 15) is 4.79 Å². The standard InChI is InChI=1S/C12H11BrN2O2/c1-7-2-3-9(10(13)4-7)11-14-5-8(6-16)12(17)15-11/h2-5,16H,6H2,1H3,(H,14,15,17). The summed E-state index contributed by atoms with van der Waals surface area (Å²) in [6, 6.07) is 5.78. The zero-order valence-electron chi connectivity index (χ0n) is 9.20. The zero-order chi connectivity index (χ0) is 12.4. The third-order valence-corrected chi connectivity index (χ3v) is 3.08. The Morgan fingerprint density at radius 1 is 1.47 bits per heavy atom. The third kappa shape index (κ3) is 2.45. The monoisotopic (exact) mass is 294 g/mol. The van der Waals surface area contributed by atoms with Crippen LogP contribution < -0.4 is 5.56 Å². The number of aliphatic hydroxyl groups excluding tert-OH is 1. The third-order valence-electron chi connectivity index (χ3n) is 2.42. The molecule has 17 heavy (non-hydrogen) atoms. The van der Waals surface area contributed by atoms with E-state index in [0.29, 0.717) is 5.82 Å². The molecule has 5 heteroatoms. The van der Waals surface area contributed by atoms with Crippen molar-refractivity contribution in [1.82, 2.24) is 9.97 Å². The second-order valence-electron chi connectivity index (χ2n) is 3.73. The Morgan fingerprint density at radius 3 is 2.82 bits per heavy atom. The van der Waals surface area contributed by atoms with Crippen LogP contribution in [-0.4, -0.2) is 15.1 Å². The lowest BCUT2D eigenvalue weighted by Gasteiger charge is -2.05. The molecule has 0 aliphatic carbocycles. The SMILES string of the molecule is Cc1ccc(-c2ncc(CO)c(=O)[nH]2)c(Br)c1. The van der Waals surface area contributed by atoms with Gasteiger partial charge in [0.1, 0.15) is 5.82 Å². The molecule has 0 saturated heterocycles. The second kappa shape index (κ2) is 4.81. The number of rotatable bonds is 2. The van der Waals surface area contributed by atoms with Crippen molar-refractivity contribution in [3.8, 4) is 11.4 Å². The van der Waals surface area contributed by atoms with Crippen LogP contribution in [0.3, 0.4) is 0 Å². The lowest BCUT2D eigenvalue weighted by molar-refractivity contribution is 0.279.